The molecule has 0 atom stereocenters. The Bertz CT molecular complexity index is 701. The predicted octanol–water partition coefficient (Wildman–Crippen LogP) is 2.16. The molecule has 26 heavy (non-hydrogen) atoms. The topological polar surface area (TPSA) is 75.7 Å². The van der Waals surface area contributed by atoms with Crippen LogP contribution >= 0.6 is 0 Å². The second kappa shape index (κ2) is 9.43. The summed E-state index contributed by atoms with van der Waals surface area (Å²) in [5, 5.41) is 2.87. The van der Waals surface area contributed by atoms with Crippen LogP contribution in [0.5, 0.6) is 0 Å². The summed E-state index contributed by atoms with van der Waals surface area (Å²) in [6.45, 7) is 5.48. The monoisotopic (exact) mass is 386 g/mol. The highest BCUT2D eigenvalue weighted by atomic mass is 32.2. The highest BCUT2D eigenvalue weighted by Crippen LogP contribution is 2.25. The van der Waals surface area contributed by atoms with Gasteiger partial charge in [-0.3, -0.25) is 4.79 Å². The molecule has 1 aromatic carbocycles. The number of hydrogen-bond donors (Lipinski definition) is 1. The molecule has 1 aromatic rings. The summed E-state index contributed by atoms with van der Waals surface area (Å²) in [7, 11) is -3.86. The Kier molecular flexibility index (Phi) is 7.55. The largest absolute Gasteiger partial charge is 0.379 e. The van der Waals surface area contributed by atoms with Crippen LogP contribution < -0.4 is 5.32 Å². The SMILES string of the molecule is CC(C)OCCCNC(=O)C1CCN(S(=O)(=O)c2ccccc2F)CC1. The van der Waals surface area contributed by atoms with Gasteiger partial charge in [-0.25, -0.2) is 12.8 Å². The number of sulfonamides is 1. The Morgan fingerprint density at radius 2 is 1.96 bits per heavy atom. The van der Waals surface area contributed by atoms with Crippen molar-refractivity contribution in [1.29, 1.82) is 0 Å². The molecule has 0 aliphatic carbocycles. The Hall–Kier alpha value is -1.51. The van der Waals surface area contributed by atoms with E-state index < -0.39 is 15.8 Å². The van der Waals surface area contributed by atoms with Gasteiger partial charge in [0, 0.05) is 32.2 Å². The van der Waals surface area contributed by atoms with Crippen molar-refractivity contribution in [2.45, 2.75) is 44.1 Å². The van der Waals surface area contributed by atoms with E-state index in [1.807, 2.05) is 13.8 Å². The molecule has 8 heteroatoms. The molecule has 0 spiro atoms. The molecule has 1 aliphatic heterocycles. The summed E-state index contributed by atoms with van der Waals surface area (Å²) in [5.74, 6) is -1.03. The molecule has 2 rings (SSSR count). The van der Waals surface area contributed by atoms with E-state index in [1.54, 1.807) is 0 Å². The van der Waals surface area contributed by atoms with Gasteiger partial charge in [0.05, 0.1) is 6.10 Å². The lowest BCUT2D eigenvalue weighted by Crippen LogP contribution is -2.43. The number of halogens is 1. The van der Waals surface area contributed by atoms with Gasteiger partial charge in [-0.15, -0.1) is 0 Å². The molecule has 1 saturated heterocycles. The fraction of sp³-hybridized carbons (Fsp3) is 0.611. The Balaban J connectivity index is 1.81. The number of piperidine rings is 1. The minimum Gasteiger partial charge on any atom is -0.379 e. The number of rotatable bonds is 8. The Morgan fingerprint density at radius 1 is 1.31 bits per heavy atom. The molecular weight excluding hydrogens is 359 g/mol. The van der Waals surface area contributed by atoms with Gasteiger partial charge in [0.25, 0.3) is 0 Å². The van der Waals surface area contributed by atoms with Gasteiger partial charge in [-0.05, 0) is 45.2 Å². The maximum atomic E-state index is 13.8. The summed E-state index contributed by atoms with van der Waals surface area (Å²) in [6.07, 6.45) is 1.78. The van der Waals surface area contributed by atoms with Crippen molar-refractivity contribution in [3.63, 3.8) is 0 Å². The minimum atomic E-state index is -3.86. The third-order valence-electron chi connectivity index (χ3n) is 4.35. The average Bonchev–Trinajstić information content (AvgIpc) is 2.61. The van der Waals surface area contributed by atoms with Gasteiger partial charge in [-0.2, -0.15) is 4.31 Å². The van der Waals surface area contributed by atoms with Crippen LogP contribution in [0.1, 0.15) is 33.1 Å². The molecular formula is C18H27FN2O4S. The van der Waals surface area contributed by atoms with E-state index in [2.05, 4.69) is 5.32 Å². The van der Waals surface area contributed by atoms with Crippen molar-refractivity contribution in [2.75, 3.05) is 26.2 Å². The molecule has 0 aromatic heterocycles. The molecule has 1 aliphatic rings. The lowest BCUT2D eigenvalue weighted by Gasteiger charge is -2.30. The fourth-order valence-electron chi connectivity index (χ4n) is 2.90. The number of benzene rings is 1. The average molecular weight is 386 g/mol. The van der Waals surface area contributed by atoms with Crippen LogP contribution in [0.15, 0.2) is 29.2 Å². The number of hydrogen-bond acceptors (Lipinski definition) is 4. The van der Waals surface area contributed by atoms with Crippen LogP contribution in [0.25, 0.3) is 0 Å². The Labute approximate surface area is 154 Å². The van der Waals surface area contributed by atoms with Crippen LogP contribution in [0.3, 0.4) is 0 Å². The highest BCUT2D eigenvalue weighted by molar-refractivity contribution is 7.89. The van der Waals surface area contributed by atoms with Gasteiger partial charge in [0.2, 0.25) is 15.9 Å². The molecule has 146 valence electrons. The van der Waals surface area contributed by atoms with Gasteiger partial charge >= 0.3 is 0 Å². The third-order valence-corrected chi connectivity index (χ3v) is 6.28. The van der Waals surface area contributed by atoms with Gasteiger partial charge in [-0.1, -0.05) is 12.1 Å². The molecule has 0 saturated carbocycles. The van der Waals surface area contributed by atoms with Crippen molar-refractivity contribution in [2.24, 2.45) is 5.92 Å². The molecule has 0 unspecified atom stereocenters. The summed E-state index contributed by atoms with van der Waals surface area (Å²) in [4.78, 5) is 11.9. The molecule has 6 nitrogen and oxygen atoms in total. The van der Waals surface area contributed by atoms with E-state index in [1.165, 1.54) is 22.5 Å². The second-order valence-electron chi connectivity index (χ2n) is 6.67. The van der Waals surface area contributed by atoms with Gasteiger partial charge in [0.15, 0.2) is 0 Å². The maximum Gasteiger partial charge on any atom is 0.245 e. The first-order valence-electron chi connectivity index (χ1n) is 8.96. The summed E-state index contributed by atoms with van der Waals surface area (Å²) >= 11 is 0. The first-order chi connectivity index (χ1) is 12.3. The van der Waals surface area contributed by atoms with E-state index in [0.29, 0.717) is 26.0 Å². The van der Waals surface area contributed by atoms with Gasteiger partial charge < -0.3 is 10.1 Å². The molecule has 1 amide bonds. The first-order valence-corrected chi connectivity index (χ1v) is 10.4. The standard InChI is InChI=1S/C18H27FN2O4S/c1-14(2)25-13-5-10-20-18(22)15-8-11-21(12-9-15)26(23,24)17-7-4-3-6-16(17)19/h3-4,6-7,14-15H,5,8-13H2,1-2H3,(H,20,22). The first kappa shape index (κ1) is 20.8. The molecule has 1 N–H and O–H groups in total. The van der Waals surface area contributed by atoms with E-state index in [-0.39, 0.29) is 35.9 Å². The van der Waals surface area contributed by atoms with Crippen LogP contribution in [-0.4, -0.2) is 51.0 Å². The zero-order valence-electron chi connectivity index (χ0n) is 15.3. The fourth-order valence-corrected chi connectivity index (χ4v) is 4.43. The zero-order chi connectivity index (χ0) is 19.2. The number of nitrogens with one attached hydrogen (secondary N) is 1. The number of carbonyl (C=O) groups is 1. The van der Waals surface area contributed by atoms with Crippen molar-refractivity contribution >= 4 is 15.9 Å². The van der Waals surface area contributed by atoms with Crippen molar-refractivity contribution < 1.29 is 22.3 Å². The van der Waals surface area contributed by atoms with Crippen molar-refractivity contribution in [1.82, 2.24) is 9.62 Å². The van der Waals surface area contributed by atoms with E-state index in [4.69, 9.17) is 4.74 Å². The molecule has 0 radical (unpaired) electrons. The van der Waals surface area contributed by atoms with Crippen LogP contribution in [0.4, 0.5) is 4.39 Å². The van der Waals surface area contributed by atoms with Gasteiger partial charge in [0.1, 0.15) is 10.7 Å². The van der Waals surface area contributed by atoms with Crippen molar-refractivity contribution in [3.8, 4) is 0 Å². The number of nitrogens with zero attached hydrogens (tertiary/aromatic N) is 1. The van der Waals surface area contributed by atoms with Crippen LogP contribution in [-0.2, 0) is 19.6 Å². The zero-order valence-corrected chi connectivity index (χ0v) is 16.1. The predicted molar refractivity (Wildman–Crippen MR) is 96.6 cm³/mol. The van der Waals surface area contributed by atoms with E-state index >= 15 is 0 Å². The van der Waals surface area contributed by atoms with Crippen LogP contribution in [0.2, 0.25) is 0 Å². The Morgan fingerprint density at radius 3 is 2.58 bits per heavy atom. The molecule has 1 heterocycles. The maximum absolute atomic E-state index is 13.8. The molecule has 1 fully saturated rings. The number of carbonyl (C=O) groups excluding carboxylic acids is 1. The summed E-state index contributed by atoms with van der Waals surface area (Å²) < 4.78 is 45.6. The van der Waals surface area contributed by atoms with Crippen LogP contribution in [0, 0.1) is 11.7 Å². The van der Waals surface area contributed by atoms with Crippen molar-refractivity contribution in [3.05, 3.63) is 30.1 Å². The third kappa shape index (κ3) is 5.49. The minimum absolute atomic E-state index is 0.0579. The number of ether oxygens (including phenoxy) is 1. The highest BCUT2D eigenvalue weighted by Gasteiger charge is 2.33. The van der Waals surface area contributed by atoms with E-state index in [9.17, 15) is 17.6 Å². The quantitative estimate of drug-likeness (QED) is 0.695. The number of amides is 1. The summed E-state index contributed by atoms with van der Waals surface area (Å²) in [5.41, 5.74) is 0. The second-order valence-corrected chi connectivity index (χ2v) is 8.58. The smallest absolute Gasteiger partial charge is 0.245 e. The summed E-state index contributed by atoms with van der Waals surface area (Å²) in [6, 6.07) is 5.36. The normalized spacial score (nSPS) is 16.8. The van der Waals surface area contributed by atoms with E-state index in [0.717, 1.165) is 12.5 Å². The lowest BCUT2D eigenvalue weighted by atomic mass is 9.97. The molecule has 0 bridgehead atoms. The lowest BCUT2D eigenvalue weighted by molar-refractivity contribution is -0.126.